The highest BCUT2D eigenvalue weighted by atomic mass is 16.8. The average Bonchev–Trinajstić information content (AvgIpc) is 2.93. The normalized spacial score (nSPS) is 24.2. The van der Waals surface area contributed by atoms with E-state index in [2.05, 4.69) is 0 Å². The first kappa shape index (κ1) is 16.1. The van der Waals surface area contributed by atoms with E-state index in [1.807, 2.05) is 0 Å². The third-order valence-electron chi connectivity index (χ3n) is 4.66. The Morgan fingerprint density at radius 1 is 0.880 bits per heavy atom. The predicted molar refractivity (Wildman–Crippen MR) is 89.5 cm³/mol. The number of ether oxygens (including phenoxy) is 4. The molecule has 2 atom stereocenters. The molecule has 1 aliphatic heterocycles. The minimum absolute atomic E-state index is 0.234. The molecule has 6 nitrogen and oxygen atoms in total. The zero-order chi connectivity index (χ0) is 17.9. The molecule has 0 saturated carbocycles. The van der Waals surface area contributed by atoms with Crippen LogP contribution in [0.15, 0.2) is 24.3 Å². The van der Waals surface area contributed by atoms with E-state index in [-0.39, 0.29) is 11.6 Å². The average molecular weight is 342 g/mol. The summed E-state index contributed by atoms with van der Waals surface area (Å²) in [5, 5.41) is 1.35. The minimum Gasteiger partial charge on any atom is -0.493 e. The first-order valence-electron chi connectivity index (χ1n) is 7.99. The summed E-state index contributed by atoms with van der Waals surface area (Å²) in [4.78, 5) is 25.9. The summed E-state index contributed by atoms with van der Waals surface area (Å²) in [7, 11) is 3.09. The summed E-state index contributed by atoms with van der Waals surface area (Å²) in [5.74, 6) is -0.373. The predicted octanol–water partition coefficient (Wildman–Crippen LogP) is 2.76. The lowest BCUT2D eigenvalue weighted by atomic mass is 9.82. The third kappa shape index (κ3) is 2.18. The van der Waals surface area contributed by atoms with Gasteiger partial charge in [0.2, 0.25) is 0 Å². The zero-order valence-corrected chi connectivity index (χ0v) is 14.4. The number of ketones is 2. The second-order valence-corrected chi connectivity index (χ2v) is 6.59. The summed E-state index contributed by atoms with van der Waals surface area (Å²) in [6, 6.07) is 6.90. The van der Waals surface area contributed by atoms with Crippen molar-refractivity contribution in [2.24, 2.45) is 0 Å². The van der Waals surface area contributed by atoms with Crippen LogP contribution in [0.5, 0.6) is 11.5 Å². The monoisotopic (exact) mass is 342 g/mol. The summed E-state index contributed by atoms with van der Waals surface area (Å²) >= 11 is 0. The maximum atomic E-state index is 13.1. The van der Waals surface area contributed by atoms with E-state index in [0.29, 0.717) is 33.4 Å². The van der Waals surface area contributed by atoms with Gasteiger partial charge in [0.25, 0.3) is 0 Å². The van der Waals surface area contributed by atoms with Gasteiger partial charge in [-0.15, -0.1) is 0 Å². The molecule has 0 unspecified atom stereocenters. The van der Waals surface area contributed by atoms with Gasteiger partial charge in [0.15, 0.2) is 41.1 Å². The van der Waals surface area contributed by atoms with Crippen molar-refractivity contribution in [2.45, 2.75) is 31.8 Å². The van der Waals surface area contributed by atoms with Gasteiger partial charge in [0, 0.05) is 16.5 Å². The van der Waals surface area contributed by atoms with Crippen LogP contribution >= 0.6 is 0 Å². The molecule has 0 spiro atoms. The van der Waals surface area contributed by atoms with Gasteiger partial charge in [0.1, 0.15) is 0 Å². The van der Waals surface area contributed by atoms with Crippen LogP contribution in [-0.2, 0) is 9.47 Å². The number of hydrogen-bond donors (Lipinski definition) is 0. The first-order valence-corrected chi connectivity index (χ1v) is 7.99. The fourth-order valence-electron chi connectivity index (χ4n) is 3.64. The Labute approximate surface area is 144 Å². The molecule has 0 radical (unpaired) electrons. The molecule has 4 rings (SSSR count). The van der Waals surface area contributed by atoms with Crippen molar-refractivity contribution in [3.63, 3.8) is 0 Å². The number of rotatable bonds is 2. The number of benzene rings is 2. The van der Waals surface area contributed by atoms with E-state index in [9.17, 15) is 9.59 Å². The van der Waals surface area contributed by atoms with Gasteiger partial charge in [-0.3, -0.25) is 9.59 Å². The number of carbonyl (C=O) groups is 2. The van der Waals surface area contributed by atoms with Crippen LogP contribution < -0.4 is 9.47 Å². The van der Waals surface area contributed by atoms with Gasteiger partial charge in [-0.25, -0.2) is 0 Å². The van der Waals surface area contributed by atoms with Gasteiger partial charge in [0.05, 0.1) is 14.2 Å². The number of carbonyl (C=O) groups excluding carboxylic acids is 2. The zero-order valence-electron chi connectivity index (χ0n) is 14.4. The maximum absolute atomic E-state index is 13.1. The minimum atomic E-state index is -0.973. The van der Waals surface area contributed by atoms with Crippen molar-refractivity contribution in [3.8, 4) is 11.5 Å². The van der Waals surface area contributed by atoms with Crippen LogP contribution in [0.25, 0.3) is 10.8 Å². The van der Waals surface area contributed by atoms with E-state index in [1.165, 1.54) is 7.11 Å². The summed E-state index contributed by atoms with van der Waals surface area (Å²) in [6.45, 7) is 3.39. The third-order valence-corrected chi connectivity index (χ3v) is 4.66. The van der Waals surface area contributed by atoms with Gasteiger partial charge < -0.3 is 18.9 Å². The van der Waals surface area contributed by atoms with Crippen molar-refractivity contribution < 1.29 is 28.5 Å². The highest BCUT2D eigenvalue weighted by Gasteiger charge is 2.53. The molecular formula is C19H18O6. The standard InChI is InChI=1S/C19H18O6/c1-19(2)24-17-14(20)11-6-5-10-9(13(11)15(21)18(17)25-19)7-8-12(22-3)16(10)23-4/h5-8,17-18H,1-4H3/t17-,18+/m1/s1. The molecule has 6 heteroatoms. The van der Waals surface area contributed by atoms with Crippen molar-refractivity contribution in [2.75, 3.05) is 14.2 Å². The van der Waals surface area contributed by atoms with Crippen LogP contribution in [-0.4, -0.2) is 43.8 Å². The van der Waals surface area contributed by atoms with E-state index in [4.69, 9.17) is 18.9 Å². The molecule has 1 heterocycles. The largest absolute Gasteiger partial charge is 0.493 e. The molecule has 130 valence electrons. The second-order valence-electron chi connectivity index (χ2n) is 6.59. The lowest BCUT2D eigenvalue weighted by Crippen LogP contribution is -2.43. The highest BCUT2D eigenvalue weighted by molar-refractivity contribution is 6.24. The second kappa shape index (κ2) is 5.28. The Morgan fingerprint density at radius 3 is 2.16 bits per heavy atom. The van der Waals surface area contributed by atoms with Crippen molar-refractivity contribution in [3.05, 3.63) is 35.4 Å². The quantitative estimate of drug-likeness (QED) is 0.836. The molecular weight excluding hydrogens is 324 g/mol. The Morgan fingerprint density at radius 2 is 1.52 bits per heavy atom. The van der Waals surface area contributed by atoms with Crippen LogP contribution in [0.2, 0.25) is 0 Å². The van der Waals surface area contributed by atoms with E-state index >= 15 is 0 Å². The fraction of sp³-hybridized carbons (Fsp3) is 0.368. The Bertz CT molecular complexity index is 914. The van der Waals surface area contributed by atoms with E-state index in [0.717, 1.165) is 0 Å². The molecule has 0 bridgehead atoms. The van der Waals surface area contributed by atoms with Crippen LogP contribution in [0.3, 0.4) is 0 Å². The van der Waals surface area contributed by atoms with Crippen LogP contribution in [0.4, 0.5) is 0 Å². The van der Waals surface area contributed by atoms with Gasteiger partial charge in [-0.2, -0.15) is 0 Å². The van der Waals surface area contributed by atoms with Crippen molar-refractivity contribution in [1.82, 2.24) is 0 Å². The molecule has 0 aromatic heterocycles. The topological polar surface area (TPSA) is 71.1 Å². The van der Waals surface area contributed by atoms with Gasteiger partial charge >= 0.3 is 0 Å². The molecule has 2 aliphatic rings. The highest BCUT2D eigenvalue weighted by Crippen LogP contribution is 2.42. The summed E-state index contributed by atoms with van der Waals surface area (Å²) in [6.07, 6.45) is -1.82. The van der Waals surface area contributed by atoms with Crippen molar-refractivity contribution in [1.29, 1.82) is 0 Å². The first-order chi connectivity index (χ1) is 11.9. The van der Waals surface area contributed by atoms with Gasteiger partial charge in [-0.05, 0) is 43.5 Å². The molecule has 1 fully saturated rings. The summed E-state index contributed by atoms with van der Waals surface area (Å²) in [5.41, 5.74) is 0.707. The lowest BCUT2D eigenvalue weighted by Gasteiger charge is -2.24. The maximum Gasteiger partial charge on any atom is 0.196 e. The van der Waals surface area contributed by atoms with Gasteiger partial charge in [-0.1, -0.05) is 0 Å². The Balaban J connectivity index is 1.97. The smallest absolute Gasteiger partial charge is 0.196 e. The van der Waals surface area contributed by atoms with E-state index in [1.54, 1.807) is 45.2 Å². The molecule has 2 aromatic rings. The van der Waals surface area contributed by atoms with Crippen LogP contribution in [0, 0.1) is 0 Å². The fourth-order valence-corrected chi connectivity index (χ4v) is 3.64. The molecule has 0 N–H and O–H groups in total. The molecule has 2 aromatic carbocycles. The Kier molecular flexibility index (Phi) is 3.39. The molecule has 25 heavy (non-hydrogen) atoms. The number of hydrogen-bond acceptors (Lipinski definition) is 6. The van der Waals surface area contributed by atoms with Crippen molar-refractivity contribution >= 4 is 22.3 Å². The number of fused-ring (bicyclic) bond motifs is 4. The Hall–Kier alpha value is -2.44. The number of methoxy groups -OCH3 is 2. The van der Waals surface area contributed by atoms with Crippen LogP contribution in [0.1, 0.15) is 34.6 Å². The SMILES string of the molecule is COc1ccc2c3c(ccc2c1OC)C(=O)[C@H]1OC(C)(C)O[C@H]1C3=O. The molecule has 1 aliphatic carbocycles. The molecule has 0 amide bonds. The summed E-state index contributed by atoms with van der Waals surface area (Å²) < 4.78 is 22.1. The molecule has 1 saturated heterocycles. The number of Topliss-reactive ketones (excluding diaryl/α,β-unsaturated/α-hetero) is 2. The van der Waals surface area contributed by atoms with E-state index < -0.39 is 18.0 Å². The lowest BCUT2D eigenvalue weighted by molar-refractivity contribution is -0.139.